The number of halogens is 2. The molecule has 4 nitrogen and oxygen atoms in total. The standard InChI is InChI=1S/C22H18Cl2O4S/c1-2-27-22(25)21(28-18-9-5-16(23)6-10-18)15-3-11-19(12-4-15)29(26)20-13-7-17(24)8-14-20/h3-14,21H,2H2,1H3. The molecule has 0 aromatic heterocycles. The lowest BCUT2D eigenvalue weighted by atomic mass is 10.1. The fourth-order valence-corrected chi connectivity index (χ4v) is 3.87. The Morgan fingerprint density at radius 3 is 1.86 bits per heavy atom. The molecule has 0 aliphatic rings. The topological polar surface area (TPSA) is 52.6 Å². The van der Waals surface area contributed by atoms with Crippen molar-refractivity contribution < 1.29 is 18.5 Å². The molecule has 0 saturated carbocycles. The van der Waals surface area contributed by atoms with E-state index in [-0.39, 0.29) is 6.61 Å². The summed E-state index contributed by atoms with van der Waals surface area (Å²) in [7, 11) is -1.36. The smallest absolute Gasteiger partial charge is 0.352 e. The summed E-state index contributed by atoms with van der Waals surface area (Å²) in [5.41, 5.74) is 0.593. The van der Waals surface area contributed by atoms with Crippen molar-refractivity contribution in [1.82, 2.24) is 0 Å². The van der Waals surface area contributed by atoms with Crippen LogP contribution in [0, 0.1) is 0 Å². The van der Waals surface area contributed by atoms with E-state index in [1.807, 2.05) is 0 Å². The third-order valence-electron chi connectivity index (χ3n) is 3.99. The lowest BCUT2D eigenvalue weighted by Gasteiger charge is -2.18. The summed E-state index contributed by atoms with van der Waals surface area (Å²) in [6, 6.07) is 20.4. The minimum absolute atomic E-state index is 0.234. The molecule has 0 heterocycles. The van der Waals surface area contributed by atoms with Crippen LogP contribution in [0.4, 0.5) is 0 Å². The second-order valence-electron chi connectivity index (χ2n) is 6.00. The van der Waals surface area contributed by atoms with Gasteiger partial charge in [0.05, 0.1) is 17.4 Å². The van der Waals surface area contributed by atoms with E-state index >= 15 is 0 Å². The molecule has 7 heteroatoms. The second-order valence-corrected chi connectivity index (χ2v) is 8.35. The molecule has 0 aliphatic heterocycles. The highest BCUT2D eigenvalue weighted by Crippen LogP contribution is 2.26. The maximum atomic E-state index is 12.7. The molecule has 0 radical (unpaired) electrons. The highest BCUT2D eigenvalue weighted by atomic mass is 35.5. The Balaban J connectivity index is 1.84. The molecule has 3 rings (SSSR count). The van der Waals surface area contributed by atoms with Crippen molar-refractivity contribution in [2.45, 2.75) is 22.8 Å². The zero-order valence-electron chi connectivity index (χ0n) is 15.5. The van der Waals surface area contributed by atoms with Crippen LogP contribution >= 0.6 is 23.2 Å². The summed E-state index contributed by atoms with van der Waals surface area (Å²) in [5, 5.41) is 1.15. The molecule has 2 unspecified atom stereocenters. The minimum atomic E-state index is -1.36. The van der Waals surface area contributed by atoms with Gasteiger partial charge in [-0.3, -0.25) is 0 Å². The van der Waals surface area contributed by atoms with Crippen molar-refractivity contribution >= 4 is 40.0 Å². The Labute approximate surface area is 181 Å². The third-order valence-corrected chi connectivity index (χ3v) is 5.90. The van der Waals surface area contributed by atoms with Gasteiger partial charge in [0.15, 0.2) is 0 Å². The fourth-order valence-electron chi connectivity index (χ4n) is 2.58. The number of carbonyl (C=O) groups is 1. The van der Waals surface area contributed by atoms with E-state index in [1.165, 1.54) is 0 Å². The number of esters is 1. The Morgan fingerprint density at radius 2 is 1.34 bits per heavy atom. The normalized spacial score (nSPS) is 12.8. The Bertz CT molecular complexity index is 987. The molecule has 3 aromatic carbocycles. The number of carbonyl (C=O) groups excluding carboxylic acids is 1. The summed E-state index contributed by atoms with van der Waals surface area (Å²) in [4.78, 5) is 13.7. The first-order chi connectivity index (χ1) is 14.0. The SMILES string of the molecule is CCOC(=O)C(Oc1ccc(Cl)cc1)c1ccc(S(=O)c2ccc(Cl)cc2)cc1. The summed E-state index contributed by atoms with van der Waals surface area (Å²) < 4.78 is 23.7. The molecule has 0 aliphatic carbocycles. The van der Waals surface area contributed by atoms with Crippen LogP contribution in [0.5, 0.6) is 5.75 Å². The third kappa shape index (κ3) is 5.60. The van der Waals surface area contributed by atoms with Gasteiger partial charge in [0.25, 0.3) is 0 Å². The van der Waals surface area contributed by atoms with Crippen molar-refractivity contribution in [3.63, 3.8) is 0 Å². The van der Waals surface area contributed by atoms with Gasteiger partial charge in [0.2, 0.25) is 6.10 Å². The summed E-state index contributed by atoms with van der Waals surface area (Å²) in [6.07, 6.45) is -0.950. The van der Waals surface area contributed by atoms with Crippen molar-refractivity contribution in [2.24, 2.45) is 0 Å². The van der Waals surface area contributed by atoms with Crippen LogP contribution in [0.3, 0.4) is 0 Å². The van der Waals surface area contributed by atoms with Crippen LogP contribution < -0.4 is 4.74 Å². The Kier molecular flexibility index (Phi) is 7.31. The van der Waals surface area contributed by atoms with E-state index < -0.39 is 22.9 Å². The Hall–Kier alpha value is -2.34. The molecule has 3 aromatic rings. The molecular formula is C22H18Cl2O4S. The first-order valence-electron chi connectivity index (χ1n) is 8.84. The van der Waals surface area contributed by atoms with Crippen molar-refractivity contribution in [3.8, 4) is 5.75 Å². The van der Waals surface area contributed by atoms with Crippen LogP contribution in [0.2, 0.25) is 10.0 Å². The summed E-state index contributed by atoms with van der Waals surface area (Å²) in [6.45, 7) is 1.97. The van der Waals surface area contributed by atoms with Crippen LogP contribution in [0.1, 0.15) is 18.6 Å². The Morgan fingerprint density at radius 1 is 0.862 bits per heavy atom. The largest absolute Gasteiger partial charge is 0.474 e. The number of hydrogen-bond acceptors (Lipinski definition) is 4. The van der Waals surface area contributed by atoms with E-state index in [2.05, 4.69) is 0 Å². The second kappa shape index (κ2) is 9.92. The van der Waals surface area contributed by atoms with Gasteiger partial charge in [-0.05, 0) is 67.6 Å². The molecular weight excluding hydrogens is 431 g/mol. The highest BCUT2D eigenvalue weighted by Gasteiger charge is 2.24. The number of rotatable bonds is 7. The summed E-state index contributed by atoms with van der Waals surface area (Å²) in [5.74, 6) is -0.0182. The van der Waals surface area contributed by atoms with Gasteiger partial charge in [0.1, 0.15) is 5.75 Å². The van der Waals surface area contributed by atoms with Gasteiger partial charge >= 0.3 is 5.97 Å². The molecule has 29 heavy (non-hydrogen) atoms. The van der Waals surface area contributed by atoms with Crippen LogP contribution in [0.15, 0.2) is 82.6 Å². The van der Waals surface area contributed by atoms with E-state index in [0.29, 0.717) is 31.1 Å². The van der Waals surface area contributed by atoms with Crippen molar-refractivity contribution in [1.29, 1.82) is 0 Å². The molecule has 2 atom stereocenters. The fraction of sp³-hybridized carbons (Fsp3) is 0.136. The lowest BCUT2D eigenvalue weighted by Crippen LogP contribution is -2.21. The van der Waals surface area contributed by atoms with E-state index in [1.54, 1.807) is 79.7 Å². The lowest BCUT2D eigenvalue weighted by molar-refractivity contribution is -0.151. The number of benzene rings is 3. The van der Waals surface area contributed by atoms with Gasteiger partial charge in [-0.25, -0.2) is 9.00 Å². The first-order valence-corrected chi connectivity index (χ1v) is 10.7. The van der Waals surface area contributed by atoms with Gasteiger partial charge in [-0.1, -0.05) is 35.3 Å². The maximum absolute atomic E-state index is 12.7. The van der Waals surface area contributed by atoms with Gasteiger partial charge < -0.3 is 9.47 Å². The van der Waals surface area contributed by atoms with Gasteiger partial charge in [-0.2, -0.15) is 0 Å². The molecule has 0 fully saturated rings. The van der Waals surface area contributed by atoms with Crippen molar-refractivity contribution in [3.05, 3.63) is 88.4 Å². The van der Waals surface area contributed by atoms with E-state index in [4.69, 9.17) is 32.7 Å². The zero-order chi connectivity index (χ0) is 20.8. The quantitative estimate of drug-likeness (QED) is 0.425. The molecule has 0 bridgehead atoms. The number of ether oxygens (including phenoxy) is 2. The minimum Gasteiger partial charge on any atom is -0.474 e. The van der Waals surface area contributed by atoms with Crippen molar-refractivity contribution in [2.75, 3.05) is 6.61 Å². The van der Waals surface area contributed by atoms with Crippen LogP contribution in [-0.4, -0.2) is 16.8 Å². The average Bonchev–Trinajstić information content (AvgIpc) is 2.74. The van der Waals surface area contributed by atoms with E-state index in [0.717, 1.165) is 0 Å². The molecule has 0 N–H and O–H groups in total. The molecule has 0 spiro atoms. The predicted molar refractivity (Wildman–Crippen MR) is 114 cm³/mol. The van der Waals surface area contributed by atoms with Crippen LogP contribution in [-0.2, 0) is 20.3 Å². The van der Waals surface area contributed by atoms with E-state index in [9.17, 15) is 9.00 Å². The molecule has 150 valence electrons. The molecule has 0 amide bonds. The zero-order valence-corrected chi connectivity index (χ0v) is 17.8. The summed E-state index contributed by atoms with van der Waals surface area (Å²) >= 11 is 11.8. The van der Waals surface area contributed by atoms with Gasteiger partial charge in [-0.15, -0.1) is 0 Å². The predicted octanol–water partition coefficient (Wildman–Crippen LogP) is 5.84. The highest BCUT2D eigenvalue weighted by molar-refractivity contribution is 7.85. The molecule has 0 saturated heterocycles. The first kappa shape index (κ1) is 21.4. The van der Waals surface area contributed by atoms with Gasteiger partial charge in [0, 0.05) is 25.4 Å². The van der Waals surface area contributed by atoms with Crippen LogP contribution in [0.25, 0.3) is 0 Å². The monoisotopic (exact) mass is 448 g/mol. The average molecular weight is 449 g/mol. The number of hydrogen-bond donors (Lipinski definition) is 0. The maximum Gasteiger partial charge on any atom is 0.352 e.